The summed E-state index contributed by atoms with van der Waals surface area (Å²) in [6.07, 6.45) is 1.92. The third-order valence-corrected chi connectivity index (χ3v) is 3.35. The summed E-state index contributed by atoms with van der Waals surface area (Å²) in [5, 5.41) is 7.59. The van der Waals surface area contributed by atoms with E-state index in [1.807, 2.05) is 37.5 Å². The van der Waals surface area contributed by atoms with E-state index < -0.39 is 0 Å². The van der Waals surface area contributed by atoms with Gasteiger partial charge >= 0.3 is 0 Å². The number of rotatable bonds is 4. The molecule has 0 radical (unpaired) electrons. The molecule has 94 valence electrons. The Morgan fingerprint density at radius 1 is 1.50 bits per heavy atom. The largest absolute Gasteiger partial charge is 0.389 e. The molecule has 0 atom stereocenters. The summed E-state index contributed by atoms with van der Waals surface area (Å²) in [5.41, 5.74) is 8.43. The summed E-state index contributed by atoms with van der Waals surface area (Å²) in [6, 6.07) is 7.78. The van der Waals surface area contributed by atoms with E-state index in [4.69, 9.17) is 18.0 Å². The first kappa shape index (κ1) is 13.0. The van der Waals surface area contributed by atoms with Gasteiger partial charge in [0.15, 0.2) is 0 Å². The zero-order chi connectivity index (χ0) is 13.1. The molecule has 0 unspecified atom stereocenters. The molecule has 0 fully saturated rings. The van der Waals surface area contributed by atoms with Crippen LogP contribution in [0, 0.1) is 0 Å². The van der Waals surface area contributed by atoms with Crippen LogP contribution in [-0.4, -0.2) is 14.8 Å². The molecule has 0 aliphatic rings. The van der Waals surface area contributed by atoms with Crippen molar-refractivity contribution in [2.45, 2.75) is 6.54 Å². The van der Waals surface area contributed by atoms with Crippen molar-refractivity contribution >= 4 is 38.8 Å². The number of nitrogens with zero attached hydrogens (tertiary/aromatic N) is 2. The van der Waals surface area contributed by atoms with Crippen molar-refractivity contribution in [2.75, 3.05) is 5.32 Å². The van der Waals surface area contributed by atoms with Crippen molar-refractivity contribution in [3.63, 3.8) is 0 Å². The average molecular weight is 325 g/mol. The number of benzene rings is 1. The molecule has 0 saturated carbocycles. The molecule has 0 aliphatic heterocycles. The molecular weight excluding hydrogens is 312 g/mol. The minimum Gasteiger partial charge on any atom is -0.389 e. The molecule has 0 bridgehead atoms. The maximum absolute atomic E-state index is 5.60. The van der Waals surface area contributed by atoms with Gasteiger partial charge in [-0.15, -0.1) is 0 Å². The fourth-order valence-electron chi connectivity index (χ4n) is 1.57. The number of anilines is 1. The van der Waals surface area contributed by atoms with E-state index >= 15 is 0 Å². The van der Waals surface area contributed by atoms with E-state index in [1.165, 1.54) is 0 Å². The Morgan fingerprint density at radius 2 is 2.28 bits per heavy atom. The Morgan fingerprint density at radius 3 is 2.83 bits per heavy atom. The maximum Gasteiger partial charge on any atom is 0.105 e. The lowest BCUT2D eigenvalue weighted by molar-refractivity contribution is 0.747. The smallest absolute Gasteiger partial charge is 0.105 e. The number of hydrogen-bond acceptors (Lipinski definition) is 3. The van der Waals surface area contributed by atoms with Gasteiger partial charge < -0.3 is 11.1 Å². The van der Waals surface area contributed by atoms with E-state index in [0.717, 1.165) is 21.4 Å². The van der Waals surface area contributed by atoms with Gasteiger partial charge in [-0.05, 0) is 40.2 Å². The van der Waals surface area contributed by atoms with Crippen molar-refractivity contribution in [3.8, 4) is 0 Å². The Bertz CT molecular complexity index is 579. The van der Waals surface area contributed by atoms with E-state index in [9.17, 15) is 0 Å². The van der Waals surface area contributed by atoms with Crippen LogP contribution in [0.4, 0.5) is 5.69 Å². The van der Waals surface area contributed by atoms with Crippen molar-refractivity contribution in [3.05, 3.63) is 46.2 Å². The van der Waals surface area contributed by atoms with Crippen LogP contribution in [0.1, 0.15) is 11.3 Å². The SMILES string of the molecule is Cn1ccc(CNc2ccc(C(N)=S)c(Br)c2)n1. The standard InChI is InChI=1S/C12H13BrN4S/c1-17-5-4-9(16-17)7-15-8-2-3-10(12(14)18)11(13)6-8/h2-6,15H,7H2,1H3,(H2,14,18). The third kappa shape index (κ3) is 3.08. The van der Waals surface area contributed by atoms with Crippen LogP contribution in [0.3, 0.4) is 0 Å². The van der Waals surface area contributed by atoms with Gasteiger partial charge in [0, 0.05) is 29.0 Å². The minimum atomic E-state index is 0.387. The Hall–Kier alpha value is -1.40. The number of aromatic nitrogens is 2. The number of thiocarbonyl (C=S) groups is 1. The topological polar surface area (TPSA) is 55.9 Å². The third-order valence-electron chi connectivity index (χ3n) is 2.48. The highest BCUT2D eigenvalue weighted by Crippen LogP contribution is 2.21. The van der Waals surface area contributed by atoms with Gasteiger partial charge in [0.1, 0.15) is 4.99 Å². The Kier molecular flexibility index (Phi) is 3.98. The second-order valence-corrected chi connectivity index (χ2v) is 5.19. The van der Waals surface area contributed by atoms with Crippen LogP contribution < -0.4 is 11.1 Å². The van der Waals surface area contributed by atoms with Crippen LogP contribution in [0.15, 0.2) is 34.9 Å². The lowest BCUT2D eigenvalue weighted by Crippen LogP contribution is -2.10. The highest BCUT2D eigenvalue weighted by atomic mass is 79.9. The van der Waals surface area contributed by atoms with Crippen LogP contribution in [0.2, 0.25) is 0 Å². The predicted octanol–water partition coefficient (Wildman–Crippen LogP) is 2.43. The van der Waals surface area contributed by atoms with Gasteiger partial charge in [-0.1, -0.05) is 12.2 Å². The first-order valence-electron chi connectivity index (χ1n) is 5.38. The highest BCUT2D eigenvalue weighted by Gasteiger charge is 2.04. The van der Waals surface area contributed by atoms with Crippen molar-refractivity contribution in [2.24, 2.45) is 12.8 Å². The van der Waals surface area contributed by atoms with E-state index in [0.29, 0.717) is 11.5 Å². The van der Waals surface area contributed by atoms with Crippen molar-refractivity contribution in [1.82, 2.24) is 9.78 Å². The van der Waals surface area contributed by atoms with Crippen LogP contribution in [0.5, 0.6) is 0 Å². The average Bonchev–Trinajstić information content (AvgIpc) is 2.72. The quantitative estimate of drug-likeness (QED) is 0.848. The summed E-state index contributed by atoms with van der Waals surface area (Å²) in [7, 11) is 1.90. The van der Waals surface area contributed by atoms with Crippen LogP contribution in [-0.2, 0) is 13.6 Å². The van der Waals surface area contributed by atoms with Gasteiger partial charge in [0.25, 0.3) is 0 Å². The van der Waals surface area contributed by atoms with Gasteiger partial charge in [-0.3, -0.25) is 4.68 Å². The number of hydrogen-bond donors (Lipinski definition) is 2. The Balaban J connectivity index is 2.06. The maximum atomic E-state index is 5.60. The molecule has 2 aromatic rings. The van der Waals surface area contributed by atoms with E-state index in [-0.39, 0.29) is 0 Å². The first-order chi connectivity index (χ1) is 8.56. The molecule has 18 heavy (non-hydrogen) atoms. The molecule has 1 aromatic carbocycles. The van der Waals surface area contributed by atoms with Crippen LogP contribution >= 0.6 is 28.1 Å². The Labute approximate surface area is 119 Å². The zero-order valence-corrected chi connectivity index (χ0v) is 12.3. The molecule has 1 heterocycles. The predicted molar refractivity (Wildman–Crippen MR) is 80.6 cm³/mol. The summed E-state index contributed by atoms with van der Waals surface area (Å²) < 4.78 is 2.67. The van der Waals surface area contributed by atoms with Crippen molar-refractivity contribution < 1.29 is 0 Å². The summed E-state index contributed by atoms with van der Waals surface area (Å²) >= 11 is 8.40. The molecule has 1 aromatic heterocycles. The first-order valence-corrected chi connectivity index (χ1v) is 6.58. The molecular formula is C12H13BrN4S. The summed E-state index contributed by atoms with van der Waals surface area (Å²) in [5.74, 6) is 0. The number of aryl methyl sites for hydroxylation is 1. The molecule has 0 aliphatic carbocycles. The van der Waals surface area contributed by atoms with Gasteiger partial charge in [0.2, 0.25) is 0 Å². The second-order valence-electron chi connectivity index (χ2n) is 3.89. The van der Waals surface area contributed by atoms with Crippen molar-refractivity contribution in [1.29, 1.82) is 0 Å². The van der Waals surface area contributed by atoms with E-state index in [1.54, 1.807) is 4.68 Å². The number of nitrogens with two attached hydrogens (primary N) is 1. The number of nitrogens with one attached hydrogen (secondary N) is 1. The minimum absolute atomic E-state index is 0.387. The molecule has 6 heteroatoms. The fourth-order valence-corrected chi connectivity index (χ4v) is 2.48. The monoisotopic (exact) mass is 324 g/mol. The van der Waals surface area contributed by atoms with Crippen LogP contribution in [0.25, 0.3) is 0 Å². The highest BCUT2D eigenvalue weighted by molar-refractivity contribution is 9.10. The van der Waals surface area contributed by atoms with Gasteiger partial charge in [-0.2, -0.15) is 5.10 Å². The molecule has 0 spiro atoms. The second kappa shape index (κ2) is 5.49. The number of halogens is 1. The van der Waals surface area contributed by atoms with Gasteiger partial charge in [0.05, 0.1) is 12.2 Å². The lowest BCUT2D eigenvalue weighted by atomic mass is 10.2. The fraction of sp³-hybridized carbons (Fsp3) is 0.167. The summed E-state index contributed by atoms with van der Waals surface area (Å²) in [6.45, 7) is 0.680. The zero-order valence-electron chi connectivity index (χ0n) is 9.85. The molecule has 3 N–H and O–H groups in total. The molecule has 4 nitrogen and oxygen atoms in total. The molecule has 2 rings (SSSR count). The van der Waals surface area contributed by atoms with Gasteiger partial charge in [-0.25, -0.2) is 0 Å². The molecule has 0 saturated heterocycles. The normalized spacial score (nSPS) is 10.3. The summed E-state index contributed by atoms with van der Waals surface area (Å²) in [4.78, 5) is 0.387. The lowest BCUT2D eigenvalue weighted by Gasteiger charge is -2.08. The van der Waals surface area contributed by atoms with E-state index in [2.05, 4.69) is 26.3 Å². The molecule has 0 amide bonds.